The summed E-state index contributed by atoms with van der Waals surface area (Å²) in [5.41, 5.74) is 9.52. The molecule has 0 aliphatic rings. The van der Waals surface area contributed by atoms with E-state index in [0.29, 0.717) is 11.4 Å². The van der Waals surface area contributed by atoms with Crippen molar-refractivity contribution in [1.29, 1.82) is 0 Å². The molecule has 0 amide bonds. The third-order valence-corrected chi connectivity index (χ3v) is 5.27. The van der Waals surface area contributed by atoms with Crippen molar-refractivity contribution in [3.63, 3.8) is 0 Å². The molecule has 0 radical (unpaired) electrons. The highest BCUT2D eigenvalue weighted by atomic mass is 32.2. The highest BCUT2D eigenvalue weighted by Gasteiger charge is 2.15. The Bertz CT molecular complexity index is 974. The second-order valence-electron chi connectivity index (χ2n) is 5.69. The molecule has 2 aromatic carbocycles. The molecule has 0 aliphatic carbocycles. The molecule has 0 atom stereocenters. The first-order chi connectivity index (χ1) is 11.4. The van der Waals surface area contributed by atoms with Gasteiger partial charge in [-0.25, -0.2) is 8.42 Å². The first kappa shape index (κ1) is 16.1. The lowest BCUT2D eigenvalue weighted by Crippen LogP contribution is -2.14. The zero-order valence-corrected chi connectivity index (χ0v) is 14.3. The summed E-state index contributed by atoms with van der Waals surface area (Å²) >= 11 is 0. The Labute approximate surface area is 141 Å². The summed E-state index contributed by atoms with van der Waals surface area (Å²) in [5.74, 6) is 0. The van der Waals surface area contributed by atoms with Gasteiger partial charge in [0.2, 0.25) is 0 Å². The molecule has 0 bridgehead atoms. The van der Waals surface area contributed by atoms with Crippen molar-refractivity contribution in [2.45, 2.75) is 18.7 Å². The van der Waals surface area contributed by atoms with E-state index in [2.05, 4.69) is 4.72 Å². The van der Waals surface area contributed by atoms with E-state index >= 15 is 0 Å². The van der Waals surface area contributed by atoms with Gasteiger partial charge in [-0.05, 0) is 67.9 Å². The maximum atomic E-state index is 12.6. The molecular formula is C18H19N3O2S. The van der Waals surface area contributed by atoms with Crippen LogP contribution in [0.2, 0.25) is 0 Å². The molecular weight excluding hydrogens is 322 g/mol. The van der Waals surface area contributed by atoms with Gasteiger partial charge in [-0.15, -0.1) is 0 Å². The second kappa shape index (κ2) is 6.05. The van der Waals surface area contributed by atoms with Crippen LogP contribution in [0.3, 0.4) is 0 Å². The minimum atomic E-state index is -3.66. The van der Waals surface area contributed by atoms with Gasteiger partial charge in [-0.3, -0.25) is 4.72 Å². The summed E-state index contributed by atoms with van der Waals surface area (Å²) in [5, 5.41) is 0. The van der Waals surface area contributed by atoms with Crippen LogP contribution >= 0.6 is 0 Å². The molecule has 0 fully saturated rings. The average Bonchev–Trinajstić information content (AvgIpc) is 2.96. The second-order valence-corrected chi connectivity index (χ2v) is 7.38. The van der Waals surface area contributed by atoms with Crippen LogP contribution in [0.15, 0.2) is 65.7 Å². The Morgan fingerprint density at radius 3 is 2.33 bits per heavy atom. The summed E-state index contributed by atoms with van der Waals surface area (Å²) in [7, 11) is -3.66. The summed E-state index contributed by atoms with van der Waals surface area (Å²) < 4.78 is 29.8. The standard InChI is InChI=1S/C18H19N3O2S/c1-13-5-8-16(21-11-3-4-14(21)2)12-18(13)20-24(22,23)17-9-6-15(19)7-10-17/h3-12,20H,19H2,1-2H3. The monoisotopic (exact) mass is 341 g/mol. The number of nitrogens with one attached hydrogen (secondary N) is 1. The third kappa shape index (κ3) is 3.14. The van der Waals surface area contributed by atoms with Gasteiger partial charge in [0.25, 0.3) is 10.0 Å². The van der Waals surface area contributed by atoms with Crippen molar-refractivity contribution in [3.05, 3.63) is 72.1 Å². The Kier molecular flexibility index (Phi) is 4.07. The number of aromatic nitrogens is 1. The van der Waals surface area contributed by atoms with Gasteiger partial charge in [0, 0.05) is 23.3 Å². The average molecular weight is 341 g/mol. The van der Waals surface area contributed by atoms with E-state index < -0.39 is 10.0 Å². The molecule has 0 spiro atoms. The molecule has 124 valence electrons. The highest BCUT2D eigenvalue weighted by molar-refractivity contribution is 7.92. The van der Waals surface area contributed by atoms with Crippen LogP contribution in [0.25, 0.3) is 5.69 Å². The van der Waals surface area contributed by atoms with Crippen molar-refractivity contribution in [1.82, 2.24) is 4.57 Å². The minimum absolute atomic E-state index is 0.179. The van der Waals surface area contributed by atoms with Crippen LogP contribution in [-0.4, -0.2) is 13.0 Å². The molecule has 5 nitrogen and oxygen atoms in total. The Morgan fingerprint density at radius 2 is 1.71 bits per heavy atom. The van der Waals surface area contributed by atoms with Gasteiger partial charge in [0.1, 0.15) is 0 Å². The van der Waals surface area contributed by atoms with Crippen molar-refractivity contribution < 1.29 is 8.42 Å². The predicted octanol–water partition coefficient (Wildman–Crippen LogP) is 3.48. The van der Waals surface area contributed by atoms with Crippen molar-refractivity contribution >= 4 is 21.4 Å². The lowest BCUT2D eigenvalue weighted by molar-refractivity contribution is 0.601. The van der Waals surface area contributed by atoms with E-state index in [1.54, 1.807) is 12.1 Å². The van der Waals surface area contributed by atoms with Gasteiger partial charge in [-0.2, -0.15) is 0 Å². The molecule has 3 rings (SSSR count). The van der Waals surface area contributed by atoms with Gasteiger partial charge in [-0.1, -0.05) is 6.07 Å². The van der Waals surface area contributed by atoms with E-state index in [1.165, 1.54) is 12.1 Å². The molecule has 24 heavy (non-hydrogen) atoms. The van der Waals surface area contributed by atoms with Crippen molar-refractivity contribution in [3.8, 4) is 5.69 Å². The lowest BCUT2D eigenvalue weighted by atomic mass is 10.2. The molecule has 3 N–H and O–H groups in total. The molecule has 0 aliphatic heterocycles. The van der Waals surface area contributed by atoms with E-state index in [4.69, 9.17) is 5.73 Å². The number of hydrogen-bond donors (Lipinski definition) is 2. The van der Waals surface area contributed by atoms with Crippen LogP contribution in [0.5, 0.6) is 0 Å². The number of nitrogen functional groups attached to an aromatic ring is 1. The van der Waals surface area contributed by atoms with Crippen LogP contribution in [0.4, 0.5) is 11.4 Å². The fourth-order valence-electron chi connectivity index (χ4n) is 2.48. The normalized spacial score (nSPS) is 11.4. The zero-order valence-electron chi connectivity index (χ0n) is 13.5. The lowest BCUT2D eigenvalue weighted by Gasteiger charge is -2.14. The van der Waals surface area contributed by atoms with Crippen LogP contribution < -0.4 is 10.5 Å². The summed E-state index contributed by atoms with van der Waals surface area (Å²) in [4.78, 5) is 0.179. The fourth-order valence-corrected chi connectivity index (χ4v) is 3.60. The molecule has 6 heteroatoms. The zero-order chi connectivity index (χ0) is 17.3. The van der Waals surface area contributed by atoms with E-state index in [9.17, 15) is 8.42 Å². The number of anilines is 2. The van der Waals surface area contributed by atoms with Crippen molar-refractivity contribution in [2.75, 3.05) is 10.5 Å². The number of sulfonamides is 1. The van der Waals surface area contributed by atoms with Gasteiger partial charge in [0.05, 0.1) is 10.6 Å². The summed E-state index contributed by atoms with van der Waals surface area (Å²) in [6, 6.07) is 15.8. The molecule has 1 heterocycles. The number of rotatable bonds is 4. The smallest absolute Gasteiger partial charge is 0.261 e. The maximum Gasteiger partial charge on any atom is 0.261 e. The largest absolute Gasteiger partial charge is 0.399 e. The maximum absolute atomic E-state index is 12.6. The Morgan fingerprint density at radius 1 is 1.00 bits per heavy atom. The molecule has 0 unspecified atom stereocenters. The number of hydrogen-bond acceptors (Lipinski definition) is 3. The fraction of sp³-hybridized carbons (Fsp3) is 0.111. The molecule has 0 saturated heterocycles. The van der Waals surface area contributed by atoms with Crippen molar-refractivity contribution in [2.24, 2.45) is 0 Å². The van der Waals surface area contributed by atoms with E-state index in [1.807, 2.05) is 54.9 Å². The summed E-state index contributed by atoms with van der Waals surface area (Å²) in [6.45, 7) is 3.87. The third-order valence-electron chi connectivity index (χ3n) is 3.89. The number of nitrogens with zero attached hydrogens (tertiary/aromatic N) is 1. The topological polar surface area (TPSA) is 77.1 Å². The SMILES string of the molecule is Cc1ccc(-n2cccc2C)cc1NS(=O)(=O)c1ccc(N)cc1. The number of benzene rings is 2. The van der Waals surface area contributed by atoms with E-state index in [-0.39, 0.29) is 4.90 Å². The van der Waals surface area contributed by atoms with E-state index in [0.717, 1.165) is 16.9 Å². The van der Waals surface area contributed by atoms with Gasteiger partial charge < -0.3 is 10.3 Å². The first-order valence-electron chi connectivity index (χ1n) is 7.50. The van der Waals surface area contributed by atoms with Gasteiger partial charge >= 0.3 is 0 Å². The van der Waals surface area contributed by atoms with Gasteiger partial charge in [0.15, 0.2) is 0 Å². The Balaban J connectivity index is 1.98. The van der Waals surface area contributed by atoms with Crippen LogP contribution in [0, 0.1) is 13.8 Å². The molecule has 3 aromatic rings. The quantitative estimate of drug-likeness (QED) is 0.713. The number of nitrogens with two attached hydrogens (primary N) is 1. The summed E-state index contributed by atoms with van der Waals surface area (Å²) in [6.07, 6.45) is 1.94. The minimum Gasteiger partial charge on any atom is -0.399 e. The number of aryl methyl sites for hydroxylation is 2. The molecule has 0 saturated carbocycles. The Hall–Kier alpha value is -2.73. The van der Waals surface area contributed by atoms with Crippen LogP contribution in [-0.2, 0) is 10.0 Å². The predicted molar refractivity (Wildman–Crippen MR) is 96.9 cm³/mol. The highest BCUT2D eigenvalue weighted by Crippen LogP contribution is 2.24. The first-order valence-corrected chi connectivity index (χ1v) is 8.98. The molecule has 1 aromatic heterocycles. The van der Waals surface area contributed by atoms with Crippen LogP contribution in [0.1, 0.15) is 11.3 Å².